The molecule has 1 saturated heterocycles. The number of halogens is 1. The predicted octanol–water partition coefficient (Wildman–Crippen LogP) is 4.26. The first-order chi connectivity index (χ1) is 13.2. The first-order valence-electron chi connectivity index (χ1n) is 9.40. The quantitative estimate of drug-likeness (QED) is 0.828. The number of amides is 1. The summed E-state index contributed by atoms with van der Waals surface area (Å²) in [5, 5.41) is 2.54. The molecule has 1 aliphatic rings. The zero-order chi connectivity index (χ0) is 20.5. The van der Waals surface area contributed by atoms with E-state index in [2.05, 4.69) is 5.32 Å². The normalized spacial score (nSPS) is 18.1. The fraction of sp³-hybridized carbons (Fsp3) is 0.381. The van der Waals surface area contributed by atoms with Gasteiger partial charge in [0.25, 0.3) is 5.91 Å². The van der Waals surface area contributed by atoms with Crippen LogP contribution in [0.4, 0.5) is 10.1 Å². The Morgan fingerprint density at radius 1 is 1.14 bits per heavy atom. The minimum atomic E-state index is -3.69. The molecule has 3 rings (SSSR count). The van der Waals surface area contributed by atoms with Crippen molar-refractivity contribution in [2.75, 3.05) is 11.9 Å². The molecule has 1 amide bonds. The highest BCUT2D eigenvalue weighted by atomic mass is 32.2. The zero-order valence-corrected chi connectivity index (χ0v) is 17.1. The number of carbonyl (C=O) groups is 1. The third-order valence-electron chi connectivity index (χ3n) is 5.18. The van der Waals surface area contributed by atoms with Gasteiger partial charge in [0.15, 0.2) is 0 Å². The molecule has 150 valence electrons. The number of rotatable bonds is 4. The van der Waals surface area contributed by atoms with Crippen LogP contribution < -0.4 is 5.32 Å². The lowest BCUT2D eigenvalue weighted by atomic mass is 10.1. The standard InChI is InChI=1S/C21H25FN2O3S/c1-14-7-10-20(19(22)12-14)23-21(25)18-13-17(9-8-15(18)2)28(26,27)24-11-5-4-6-16(24)3/h7-10,12-13,16H,4-6,11H2,1-3H3,(H,23,25). The van der Waals surface area contributed by atoms with Crippen LogP contribution in [0.3, 0.4) is 0 Å². The number of carbonyl (C=O) groups excluding carboxylic acids is 1. The van der Waals surface area contributed by atoms with Crippen LogP contribution in [0.25, 0.3) is 0 Å². The molecule has 1 atom stereocenters. The minimum absolute atomic E-state index is 0.0629. The highest BCUT2D eigenvalue weighted by molar-refractivity contribution is 7.89. The highest BCUT2D eigenvalue weighted by Crippen LogP contribution is 2.27. The van der Waals surface area contributed by atoms with Gasteiger partial charge >= 0.3 is 0 Å². The minimum Gasteiger partial charge on any atom is -0.319 e. The largest absolute Gasteiger partial charge is 0.319 e. The van der Waals surface area contributed by atoms with Crippen molar-refractivity contribution in [2.24, 2.45) is 0 Å². The van der Waals surface area contributed by atoms with Gasteiger partial charge in [0.2, 0.25) is 10.0 Å². The Hall–Kier alpha value is -2.25. The summed E-state index contributed by atoms with van der Waals surface area (Å²) in [6.07, 6.45) is 2.66. The van der Waals surface area contributed by atoms with Crippen molar-refractivity contribution < 1.29 is 17.6 Å². The maximum absolute atomic E-state index is 14.1. The van der Waals surface area contributed by atoms with Gasteiger partial charge in [0.05, 0.1) is 10.6 Å². The monoisotopic (exact) mass is 404 g/mol. The van der Waals surface area contributed by atoms with E-state index in [9.17, 15) is 17.6 Å². The molecule has 0 bridgehead atoms. The Labute approximate surface area is 165 Å². The first kappa shape index (κ1) is 20.5. The van der Waals surface area contributed by atoms with Gasteiger partial charge in [-0.3, -0.25) is 4.79 Å². The Balaban J connectivity index is 1.91. The summed E-state index contributed by atoms with van der Waals surface area (Å²) in [5.74, 6) is -1.07. The molecular formula is C21H25FN2O3S. The van der Waals surface area contributed by atoms with Crippen LogP contribution in [0.2, 0.25) is 0 Å². The molecule has 0 spiro atoms. The van der Waals surface area contributed by atoms with Crippen LogP contribution in [0.15, 0.2) is 41.3 Å². The fourth-order valence-corrected chi connectivity index (χ4v) is 5.21. The summed E-state index contributed by atoms with van der Waals surface area (Å²) in [7, 11) is -3.69. The SMILES string of the molecule is Cc1ccc(NC(=O)c2cc(S(=O)(=O)N3CCCCC3C)ccc2C)c(F)c1. The van der Waals surface area contributed by atoms with Gasteiger partial charge in [-0.1, -0.05) is 18.6 Å². The summed E-state index contributed by atoms with van der Waals surface area (Å²) >= 11 is 0. The fourth-order valence-electron chi connectivity index (χ4n) is 3.48. The molecule has 7 heteroatoms. The van der Waals surface area contributed by atoms with Crippen molar-refractivity contribution in [3.8, 4) is 0 Å². The van der Waals surface area contributed by atoms with E-state index in [-0.39, 0.29) is 22.2 Å². The van der Waals surface area contributed by atoms with E-state index in [1.165, 1.54) is 28.6 Å². The van der Waals surface area contributed by atoms with Crippen molar-refractivity contribution in [2.45, 2.75) is 51.0 Å². The first-order valence-corrected chi connectivity index (χ1v) is 10.8. The smallest absolute Gasteiger partial charge is 0.256 e. The van der Waals surface area contributed by atoms with Crippen molar-refractivity contribution in [3.05, 3.63) is 58.9 Å². The number of hydrogen-bond donors (Lipinski definition) is 1. The average molecular weight is 405 g/mol. The summed E-state index contributed by atoms with van der Waals surface area (Å²) in [5.41, 5.74) is 1.64. The van der Waals surface area contributed by atoms with E-state index in [0.29, 0.717) is 12.1 Å². The summed E-state index contributed by atoms with van der Waals surface area (Å²) in [6.45, 7) is 5.86. The van der Waals surface area contributed by atoms with Crippen LogP contribution in [0, 0.1) is 19.7 Å². The number of nitrogens with one attached hydrogen (secondary N) is 1. The number of aryl methyl sites for hydroxylation is 2. The van der Waals surface area contributed by atoms with E-state index >= 15 is 0 Å². The van der Waals surface area contributed by atoms with Crippen LogP contribution >= 0.6 is 0 Å². The maximum atomic E-state index is 14.1. The molecule has 28 heavy (non-hydrogen) atoms. The molecule has 0 aromatic heterocycles. The van der Waals surface area contributed by atoms with Crippen molar-refractivity contribution in [1.82, 2.24) is 4.31 Å². The topological polar surface area (TPSA) is 66.5 Å². The Kier molecular flexibility index (Phi) is 5.86. The molecule has 1 heterocycles. The molecule has 2 aromatic rings. The van der Waals surface area contributed by atoms with Crippen LogP contribution in [0.5, 0.6) is 0 Å². The lowest BCUT2D eigenvalue weighted by molar-refractivity contribution is 0.102. The molecule has 1 N–H and O–H groups in total. The van der Waals surface area contributed by atoms with Gasteiger partial charge in [0, 0.05) is 18.2 Å². The summed E-state index contributed by atoms with van der Waals surface area (Å²) in [6, 6.07) is 8.97. The van der Waals surface area contributed by atoms with E-state index in [4.69, 9.17) is 0 Å². The van der Waals surface area contributed by atoms with Crippen molar-refractivity contribution in [3.63, 3.8) is 0 Å². The third kappa shape index (κ3) is 4.10. The van der Waals surface area contributed by atoms with E-state index in [0.717, 1.165) is 24.8 Å². The second-order valence-electron chi connectivity index (χ2n) is 7.37. The molecule has 0 radical (unpaired) electrons. The van der Waals surface area contributed by atoms with E-state index < -0.39 is 21.7 Å². The molecule has 1 unspecified atom stereocenters. The highest BCUT2D eigenvalue weighted by Gasteiger charge is 2.31. The second-order valence-corrected chi connectivity index (χ2v) is 9.27. The van der Waals surface area contributed by atoms with Crippen LogP contribution in [-0.4, -0.2) is 31.2 Å². The van der Waals surface area contributed by atoms with Crippen LogP contribution in [-0.2, 0) is 10.0 Å². The number of benzene rings is 2. The predicted molar refractivity (Wildman–Crippen MR) is 107 cm³/mol. The number of piperidine rings is 1. The van der Waals surface area contributed by atoms with Crippen LogP contribution in [0.1, 0.15) is 47.7 Å². The van der Waals surface area contributed by atoms with E-state index in [1.807, 2.05) is 6.92 Å². The molecule has 0 aliphatic carbocycles. The maximum Gasteiger partial charge on any atom is 0.256 e. The van der Waals surface area contributed by atoms with Gasteiger partial charge in [0.1, 0.15) is 5.82 Å². The zero-order valence-electron chi connectivity index (χ0n) is 16.3. The van der Waals surface area contributed by atoms with Crippen molar-refractivity contribution in [1.29, 1.82) is 0 Å². The number of anilines is 1. The van der Waals surface area contributed by atoms with Gasteiger partial charge in [-0.05, 0) is 69.0 Å². The average Bonchev–Trinajstić information content (AvgIpc) is 2.64. The van der Waals surface area contributed by atoms with Gasteiger partial charge in [-0.15, -0.1) is 0 Å². The Morgan fingerprint density at radius 2 is 1.89 bits per heavy atom. The number of hydrogen-bond acceptors (Lipinski definition) is 3. The third-order valence-corrected chi connectivity index (χ3v) is 7.18. The lowest BCUT2D eigenvalue weighted by Crippen LogP contribution is -2.42. The van der Waals surface area contributed by atoms with Gasteiger partial charge < -0.3 is 5.32 Å². The summed E-state index contributed by atoms with van der Waals surface area (Å²) in [4.78, 5) is 12.8. The van der Waals surface area contributed by atoms with E-state index in [1.54, 1.807) is 26.0 Å². The lowest BCUT2D eigenvalue weighted by Gasteiger charge is -2.32. The summed E-state index contributed by atoms with van der Waals surface area (Å²) < 4.78 is 41.7. The molecule has 5 nitrogen and oxygen atoms in total. The van der Waals surface area contributed by atoms with Crippen molar-refractivity contribution >= 4 is 21.6 Å². The molecule has 1 aliphatic heterocycles. The molecule has 0 saturated carbocycles. The number of sulfonamides is 1. The Morgan fingerprint density at radius 3 is 2.57 bits per heavy atom. The second kappa shape index (κ2) is 8.01. The molecular weight excluding hydrogens is 379 g/mol. The number of nitrogens with zero attached hydrogens (tertiary/aromatic N) is 1. The Bertz CT molecular complexity index is 1000. The molecule has 2 aromatic carbocycles. The van der Waals surface area contributed by atoms with Gasteiger partial charge in [-0.25, -0.2) is 12.8 Å². The molecule has 1 fully saturated rings. The van der Waals surface area contributed by atoms with Gasteiger partial charge in [-0.2, -0.15) is 4.31 Å².